The van der Waals surface area contributed by atoms with Crippen molar-refractivity contribution in [2.24, 2.45) is 5.92 Å². The van der Waals surface area contributed by atoms with Gasteiger partial charge in [0.15, 0.2) is 0 Å². The summed E-state index contributed by atoms with van der Waals surface area (Å²) in [5, 5.41) is 3.62. The minimum absolute atomic E-state index is 0.495. The number of nitrogens with one attached hydrogen (secondary N) is 1. The molecular weight excluding hydrogens is 240 g/mol. The first kappa shape index (κ1) is 15.2. The quantitative estimate of drug-likeness (QED) is 0.760. The van der Waals surface area contributed by atoms with Crippen molar-refractivity contribution in [1.29, 1.82) is 0 Å². The van der Waals surface area contributed by atoms with Crippen LogP contribution in [0.1, 0.15) is 33.1 Å². The van der Waals surface area contributed by atoms with Gasteiger partial charge in [0, 0.05) is 38.2 Å². The Morgan fingerprint density at radius 2 is 2.00 bits per heavy atom. The fourth-order valence-electron chi connectivity index (χ4n) is 3.16. The highest BCUT2D eigenvalue weighted by Crippen LogP contribution is 2.19. The van der Waals surface area contributed by atoms with E-state index in [4.69, 9.17) is 9.47 Å². The molecule has 0 amide bonds. The average molecular weight is 270 g/mol. The Labute approximate surface area is 117 Å². The van der Waals surface area contributed by atoms with Crippen molar-refractivity contribution < 1.29 is 9.47 Å². The molecule has 0 spiro atoms. The van der Waals surface area contributed by atoms with Crippen LogP contribution in [0.4, 0.5) is 0 Å². The third kappa shape index (κ3) is 4.71. The van der Waals surface area contributed by atoms with Gasteiger partial charge in [-0.15, -0.1) is 0 Å². The Hall–Kier alpha value is -0.160. The van der Waals surface area contributed by atoms with Crippen LogP contribution >= 0.6 is 0 Å². The van der Waals surface area contributed by atoms with Gasteiger partial charge in [0.25, 0.3) is 0 Å². The summed E-state index contributed by atoms with van der Waals surface area (Å²) in [5.74, 6) is 0.662. The Kier molecular flexibility index (Phi) is 6.57. The minimum atomic E-state index is 0.495. The second kappa shape index (κ2) is 8.20. The highest BCUT2D eigenvalue weighted by atomic mass is 16.5. The third-order valence-electron chi connectivity index (χ3n) is 4.28. The lowest BCUT2D eigenvalue weighted by Gasteiger charge is -2.34. The lowest BCUT2D eigenvalue weighted by Crippen LogP contribution is -2.45. The summed E-state index contributed by atoms with van der Waals surface area (Å²) in [6.45, 7) is 11.6. The number of likely N-dealkylation sites (tertiary alicyclic amines) is 1. The number of hydrogen-bond donors (Lipinski definition) is 1. The maximum atomic E-state index is 5.71. The Morgan fingerprint density at radius 1 is 1.21 bits per heavy atom. The molecule has 2 aliphatic rings. The molecule has 0 radical (unpaired) electrons. The van der Waals surface area contributed by atoms with E-state index in [1.807, 2.05) is 0 Å². The number of piperidine rings is 1. The molecule has 4 heteroatoms. The van der Waals surface area contributed by atoms with Crippen LogP contribution in [0.15, 0.2) is 0 Å². The lowest BCUT2D eigenvalue weighted by molar-refractivity contribution is 0.0102. The number of ether oxygens (including phenoxy) is 2. The van der Waals surface area contributed by atoms with Gasteiger partial charge in [-0.2, -0.15) is 0 Å². The summed E-state index contributed by atoms with van der Waals surface area (Å²) < 4.78 is 11.4. The maximum Gasteiger partial charge on any atom is 0.0623 e. The normalized spacial score (nSPS) is 30.0. The molecule has 2 unspecified atom stereocenters. The molecule has 0 saturated carbocycles. The molecule has 0 aromatic heterocycles. The minimum Gasteiger partial charge on any atom is -0.379 e. The topological polar surface area (TPSA) is 33.7 Å². The molecule has 0 bridgehead atoms. The SMILES string of the molecule is CCCNC1COCC1CN1CCC(OCC)CC1. The van der Waals surface area contributed by atoms with Crippen molar-refractivity contribution in [2.45, 2.75) is 45.3 Å². The first-order chi connectivity index (χ1) is 9.33. The van der Waals surface area contributed by atoms with Crippen molar-refractivity contribution in [3.05, 3.63) is 0 Å². The van der Waals surface area contributed by atoms with Gasteiger partial charge in [0.05, 0.1) is 19.3 Å². The molecule has 19 heavy (non-hydrogen) atoms. The van der Waals surface area contributed by atoms with E-state index in [-0.39, 0.29) is 0 Å². The largest absolute Gasteiger partial charge is 0.379 e. The van der Waals surface area contributed by atoms with Crippen LogP contribution in [0.2, 0.25) is 0 Å². The molecule has 2 rings (SSSR count). The van der Waals surface area contributed by atoms with Gasteiger partial charge >= 0.3 is 0 Å². The lowest BCUT2D eigenvalue weighted by atomic mass is 10.0. The summed E-state index contributed by atoms with van der Waals surface area (Å²) >= 11 is 0. The van der Waals surface area contributed by atoms with E-state index in [9.17, 15) is 0 Å². The van der Waals surface area contributed by atoms with Crippen molar-refractivity contribution in [1.82, 2.24) is 10.2 Å². The molecule has 2 saturated heterocycles. The Balaban J connectivity index is 1.69. The number of nitrogens with zero attached hydrogens (tertiary/aromatic N) is 1. The molecule has 2 aliphatic heterocycles. The standard InChI is InChI=1S/C15H30N2O2/c1-3-7-16-15-12-18-11-13(15)10-17-8-5-14(6-9-17)19-4-2/h13-16H,3-12H2,1-2H3. The van der Waals surface area contributed by atoms with Gasteiger partial charge in [-0.1, -0.05) is 6.92 Å². The summed E-state index contributed by atoms with van der Waals surface area (Å²) in [7, 11) is 0. The molecular formula is C15H30N2O2. The van der Waals surface area contributed by atoms with Gasteiger partial charge in [-0.25, -0.2) is 0 Å². The van der Waals surface area contributed by atoms with E-state index in [0.717, 1.165) is 26.4 Å². The molecule has 2 atom stereocenters. The van der Waals surface area contributed by atoms with Crippen LogP contribution in [0, 0.1) is 5.92 Å². The Morgan fingerprint density at radius 3 is 2.68 bits per heavy atom. The zero-order valence-corrected chi connectivity index (χ0v) is 12.6. The first-order valence-electron chi connectivity index (χ1n) is 7.98. The number of rotatable bonds is 7. The monoisotopic (exact) mass is 270 g/mol. The highest BCUT2D eigenvalue weighted by molar-refractivity contribution is 4.85. The van der Waals surface area contributed by atoms with Crippen LogP contribution in [-0.2, 0) is 9.47 Å². The summed E-state index contributed by atoms with van der Waals surface area (Å²) in [6, 6.07) is 0.560. The zero-order chi connectivity index (χ0) is 13.5. The molecule has 0 aromatic rings. The fourth-order valence-corrected chi connectivity index (χ4v) is 3.16. The van der Waals surface area contributed by atoms with E-state index in [0.29, 0.717) is 18.1 Å². The molecule has 0 aromatic carbocycles. The van der Waals surface area contributed by atoms with E-state index in [2.05, 4.69) is 24.1 Å². The van der Waals surface area contributed by atoms with Gasteiger partial charge in [-0.3, -0.25) is 0 Å². The summed E-state index contributed by atoms with van der Waals surface area (Å²) in [4.78, 5) is 2.59. The molecule has 1 N–H and O–H groups in total. The van der Waals surface area contributed by atoms with Crippen molar-refractivity contribution >= 4 is 0 Å². The summed E-state index contributed by atoms with van der Waals surface area (Å²) in [6.07, 6.45) is 4.07. The fraction of sp³-hybridized carbons (Fsp3) is 1.00. The van der Waals surface area contributed by atoms with Gasteiger partial charge in [0.2, 0.25) is 0 Å². The third-order valence-corrected chi connectivity index (χ3v) is 4.28. The predicted octanol–water partition coefficient (Wildman–Crippen LogP) is 1.50. The smallest absolute Gasteiger partial charge is 0.0623 e. The van der Waals surface area contributed by atoms with Crippen molar-refractivity contribution in [3.63, 3.8) is 0 Å². The van der Waals surface area contributed by atoms with E-state index in [1.165, 1.54) is 38.9 Å². The molecule has 2 fully saturated rings. The van der Waals surface area contributed by atoms with Gasteiger partial charge in [0.1, 0.15) is 0 Å². The predicted molar refractivity (Wildman–Crippen MR) is 77.5 cm³/mol. The molecule has 0 aliphatic carbocycles. The Bertz CT molecular complexity index is 242. The van der Waals surface area contributed by atoms with Crippen molar-refractivity contribution in [3.8, 4) is 0 Å². The molecule has 2 heterocycles. The zero-order valence-electron chi connectivity index (χ0n) is 12.6. The van der Waals surface area contributed by atoms with Crippen LogP contribution in [0.25, 0.3) is 0 Å². The summed E-state index contributed by atoms with van der Waals surface area (Å²) in [5.41, 5.74) is 0. The van der Waals surface area contributed by atoms with Gasteiger partial charge < -0.3 is 19.7 Å². The second-order valence-corrected chi connectivity index (χ2v) is 5.81. The first-order valence-corrected chi connectivity index (χ1v) is 7.98. The average Bonchev–Trinajstić information content (AvgIpc) is 2.86. The van der Waals surface area contributed by atoms with Crippen molar-refractivity contribution in [2.75, 3.05) is 46.0 Å². The second-order valence-electron chi connectivity index (χ2n) is 5.81. The van der Waals surface area contributed by atoms with Crippen LogP contribution < -0.4 is 5.32 Å². The highest BCUT2D eigenvalue weighted by Gasteiger charge is 2.30. The molecule has 4 nitrogen and oxygen atoms in total. The van der Waals surface area contributed by atoms with Crippen LogP contribution in [0.5, 0.6) is 0 Å². The van der Waals surface area contributed by atoms with E-state index >= 15 is 0 Å². The van der Waals surface area contributed by atoms with Crippen LogP contribution in [0.3, 0.4) is 0 Å². The maximum absolute atomic E-state index is 5.71. The number of hydrogen-bond acceptors (Lipinski definition) is 4. The van der Waals surface area contributed by atoms with Gasteiger partial charge in [-0.05, 0) is 32.7 Å². The van der Waals surface area contributed by atoms with E-state index < -0.39 is 0 Å². The van der Waals surface area contributed by atoms with Crippen LogP contribution in [-0.4, -0.2) is 63.0 Å². The molecule has 112 valence electrons. The van der Waals surface area contributed by atoms with E-state index in [1.54, 1.807) is 0 Å².